The molecule has 1 aliphatic rings. The van der Waals surface area contributed by atoms with Gasteiger partial charge in [0.1, 0.15) is 0 Å². The van der Waals surface area contributed by atoms with Gasteiger partial charge in [-0.25, -0.2) is 0 Å². The molecule has 1 saturated heterocycles. The van der Waals surface area contributed by atoms with E-state index in [0.29, 0.717) is 0 Å². The zero-order valence-corrected chi connectivity index (χ0v) is 5.78. The summed E-state index contributed by atoms with van der Waals surface area (Å²) >= 11 is 0. The molecule has 1 rings (SSSR count). The van der Waals surface area contributed by atoms with Crippen LogP contribution in [-0.4, -0.2) is 13.1 Å². The quantitative estimate of drug-likeness (QED) is 0.539. The molecule has 0 saturated carbocycles. The number of hydrogen-bond donors (Lipinski definition) is 1. The van der Waals surface area contributed by atoms with Gasteiger partial charge in [-0.1, -0.05) is 20.3 Å². The van der Waals surface area contributed by atoms with E-state index < -0.39 is 0 Å². The monoisotopic (exact) mass is 113 g/mol. The minimum absolute atomic E-state index is 0.917. The SMILES string of the molecule is CCC1CNCC1C. The Balaban J connectivity index is 2.30. The molecule has 0 amide bonds. The minimum Gasteiger partial charge on any atom is -0.316 e. The van der Waals surface area contributed by atoms with Crippen molar-refractivity contribution in [3.05, 3.63) is 0 Å². The van der Waals surface area contributed by atoms with Crippen LogP contribution in [0.3, 0.4) is 0 Å². The van der Waals surface area contributed by atoms with Crippen molar-refractivity contribution in [2.45, 2.75) is 20.3 Å². The van der Waals surface area contributed by atoms with Crippen LogP contribution in [0.5, 0.6) is 0 Å². The first-order chi connectivity index (χ1) is 3.84. The van der Waals surface area contributed by atoms with Crippen LogP contribution in [0, 0.1) is 11.8 Å². The van der Waals surface area contributed by atoms with E-state index in [1.165, 1.54) is 19.5 Å². The lowest BCUT2D eigenvalue weighted by Gasteiger charge is -2.08. The van der Waals surface area contributed by atoms with Crippen molar-refractivity contribution in [1.29, 1.82) is 0 Å². The fraction of sp³-hybridized carbons (Fsp3) is 1.00. The van der Waals surface area contributed by atoms with Gasteiger partial charge in [0.2, 0.25) is 0 Å². The highest BCUT2D eigenvalue weighted by Crippen LogP contribution is 2.17. The summed E-state index contributed by atoms with van der Waals surface area (Å²) in [5.41, 5.74) is 0. The van der Waals surface area contributed by atoms with E-state index in [0.717, 1.165) is 11.8 Å². The molecule has 0 spiro atoms. The van der Waals surface area contributed by atoms with E-state index in [4.69, 9.17) is 0 Å². The number of nitrogens with one attached hydrogen (secondary N) is 1. The van der Waals surface area contributed by atoms with Crippen molar-refractivity contribution in [3.63, 3.8) is 0 Å². The maximum absolute atomic E-state index is 3.37. The summed E-state index contributed by atoms with van der Waals surface area (Å²) in [6, 6.07) is 0. The van der Waals surface area contributed by atoms with Crippen LogP contribution in [0.15, 0.2) is 0 Å². The van der Waals surface area contributed by atoms with Gasteiger partial charge in [-0.15, -0.1) is 0 Å². The molecule has 2 unspecified atom stereocenters. The van der Waals surface area contributed by atoms with Crippen molar-refractivity contribution in [1.82, 2.24) is 5.32 Å². The highest BCUT2D eigenvalue weighted by Gasteiger charge is 2.20. The van der Waals surface area contributed by atoms with Gasteiger partial charge >= 0.3 is 0 Å². The average molecular weight is 113 g/mol. The summed E-state index contributed by atoms with van der Waals surface area (Å²) in [6.07, 6.45) is 1.34. The molecule has 1 heteroatoms. The van der Waals surface area contributed by atoms with Gasteiger partial charge in [0, 0.05) is 0 Å². The van der Waals surface area contributed by atoms with Crippen molar-refractivity contribution in [2.75, 3.05) is 13.1 Å². The third kappa shape index (κ3) is 1.03. The second-order valence-electron chi connectivity index (χ2n) is 2.80. The highest BCUT2D eigenvalue weighted by molar-refractivity contribution is 4.76. The van der Waals surface area contributed by atoms with Crippen LogP contribution in [-0.2, 0) is 0 Å². The fourth-order valence-electron chi connectivity index (χ4n) is 1.41. The summed E-state index contributed by atoms with van der Waals surface area (Å²) in [7, 11) is 0. The molecule has 0 aromatic heterocycles. The van der Waals surface area contributed by atoms with Crippen LogP contribution in [0.4, 0.5) is 0 Å². The summed E-state index contributed by atoms with van der Waals surface area (Å²) in [5.74, 6) is 1.87. The Labute approximate surface area is 51.5 Å². The van der Waals surface area contributed by atoms with Gasteiger partial charge < -0.3 is 5.32 Å². The van der Waals surface area contributed by atoms with E-state index in [1.807, 2.05) is 0 Å². The summed E-state index contributed by atoms with van der Waals surface area (Å²) in [5, 5.41) is 3.37. The van der Waals surface area contributed by atoms with Gasteiger partial charge in [0.25, 0.3) is 0 Å². The van der Waals surface area contributed by atoms with Crippen molar-refractivity contribution >= 4 is 0 Å². The van der Waals surface area contributed by atoms with Crippen LogP contribution < -0.4 is 5.32 Å². The second-order valence-corrected chi connectivity index (χ2v) is 2.80. The molecule has 1 nitrogen and oxygen atoms in total. The Bertz CT molecular complexity index is 70.8. The number of hydrogen-bond acceptors (Lipinski definition) is 1. The van der Waals surface area contributed by atoms with Crippen molar-refractivity contribution in [3.8, 4) is 0 Å². The summed E-state index contributed by atoms with van der Waals surface area (Å²) < 4.78 is 0. The minimum atomic E-state index is 0.917. The molecule has 1 N–H and O–H groups in total. The second kappa shape index (κ2) is 2.49. The van der Waals surface area contributed by atoms with E-state index >= 15 is 0 Å². The van der Waals surface area contributed by atoms with E-state index in [2.05, 4.69) is 19.2 Å². The molecule has 0 aromatic carbocycles. The van der Waals surface area contributed by atoms with Crippen LogP contribution >= 0.6 is 0 Å². The Morgan fingerprint density at radius 2 is 2.25 bits per heavy atom. The van der Waals surface area contributed by atoms with E-state index in [-0.39, 0.29) is 0 Å². The molecule has 0 aromatic rings. The Kier molecular flexibility index (Phi) is 1.90. The predicted octanol–water partition coefficient (Wildman–Crippen LogP) is 1.25. The lowest BCUT2D eigenvalue weighted by atomic mass is 9.96. The van der Waals surface area contributed by atoms with Crippen LogP contribution in [0.2, 0.25) is 0 Å². The molecule has 1 fully saturated rings. The van der Waals surface area contributed by atoms with Gasteiger partial charge in [0.15, 0.2) is 0 Å². The molecular formula is C7H15N. The standard InChI is InChI=1S/C7H15N/c1-3-7-5-8-4-6(7)2/h6-8H,3-5H2,1-2H3. The number of rotatable bonds is 1. The van der Waals surface area contributed by atoms with Gasteiger partial charge in [-0.3, -0.25) is 0 Å². The fourth-order valence-corrected chi connectivity index (χ4v) is 1.41. The first kappa shape index (κ1) is 6.09. The molecule has 1 aliphatic heterocycles. The normalized spacial score (nSPS) is 38.2. The highest BCUT2D eigenvalue weighted by atomic mass is 14.9. The molecule has 0 bridgehead atoms. The maximum atomic E-state index is 3.37. The molecule has 2 atom stereocenters. The van der Waals surface area contributed by atoms with Crippen molar-refractivity contribution < 1.29 is 0 Å². The Hall–Kier alpha value is -0.0400. The lowest BCUT2D eigenvalue weighted by molar-refractivity contribution is 0.440. The Morgan fingerprint density at radius 1 is 1.50 bits per heavy atom. The van der Waals surface area contributed by atoms with E-state index in [1.54, 1.807) is 0 Å². The molecular weight excluding hydrogens is 98.1 g/mol. The van der Waals surface area contributed by atoms with Gasteiger partial charge in [-0.05, 0) is 24.9 Å². The summed E-state index contributed by atoms with van der Waals surface area (Å²) in [4.78, 5) is 0. The maximum Gasteiger partial charge on any atom is -0.00175 e. The Morgan fingerprint density at radius 3 is 2.50 bits per heavy atom. The van der Waals surface area contributed by atoms with Crippen molar-refractivity contribution in [2.24, 2.45) is 11.8 Å². The predicted molar refractivity (Wildman–Crippen MR) is 35.8 cm³/mol. The van der Waals surface area contributed by atoms with Crippen LogP contribution in [0.1, 0.15) is 20.3 Å². The lowest BCUT2D eigenvalue weighted by Crippen LogP contribution is -2.07. The largest absolute Gasteiger partial charge is 0.316 e. The molecule has 8 heavy (non-hydrogen) atoms. The molecule has 1 heterocycles. The van der Waals surface area contributed by atoms with Gasteiger partial charge in [0.05, 0.1) is 0 Å². The zero-order valence-electron chi connectivity index (χ0n) is 5.78. The van der Waals surface area contributed by atoms with Crippen LogP contribution in [0.25, 0.3) is 0 Å². The third-order valence-corrected chi connectivity index (χ3v) is 2.20. The molecule has 0 aliphatic carbocycles. The first-order valence-corrected chi connectivity index (χ1v) is 3.55. The smallest absolute Gasteiger partial charge is 0.00175 e. The third-order valence-electron chi connectivity index (χ3n) is 2.20. The molecule has 48 valence electrons. The van der Waals surface area contributed by atoms with Gasteiger partial charge in [-0.2, -0.15) is 0 Å². The van der Waals surface area contributed by atoms with E-state index in [9.17, 15) is 0 Å². The average Bonchev–Trinajstić information content (AvgIpc) is 2.14. The molecule has 0 radical (unpaired) electrons. The topological polar surface area (TPSA) is 12.0 Å². The first-order valence-electron chi connectivity index (χ1n) is 3.55. The zero-order chi connectivity index (χ0) is 5.98. The summed E-state index contributed by atoms with van der Waals surface area (Å²) in [6.45, 7) is 7.08.